The third-order valence-corrected chi connectivity index (χ3v) is 3.54. The number of hydrogen-bond donors (Lipinski definition) is 2. The first kappa shape index (κ1) is 17.7. The minimum Gasteiger partial charge on any atom is -0.481 e. The number of nitrogens with one attached hydrogen (secondary N) is 1. The Bertz CT molecular complexity index is 724. The van der Waals surface area contributed by atoms with Gasteiger partial charge in [-0.05, 0) is 44.2 Å². The molecule has 128 valence electrons. The Morgan fingerprint density at radius 1 is 1.29 bits per heavy atom. The predicted molar refractivity (Wildman–Crippen MR) is 88.3 cm³/mol. The smallest absolute Gasteiger partial charge is 0.305 e. The Hall–Kier alpha value is -2.67. The molecule has 7 nitrogen and oxygen atoms in total. The lowest BCUT2D eigenvalue weighted by molar-refractivity contribution is -0.139. The first-order valence-electron chi connectivity index (χ1n) is 7.49. The number of benzene rings is 1. The molecule has 0 aliphatic carbocycles. The monoisotopic (exact) mass is 331 g/mol. The first-order valence-corrected chi connectivity index (χ1v) is 7.49. The van der Waals surface area contributed by atoms with Crippen LogP contribution in [0.4, 0.5) is 0 Å². The minimum absolute atomic E-state index is 0.107. The predicted octanol–water partition coefficient (Wildman–Crippen LogP) is 1.79. The van der Waals surface area contributed by atoms with Gasteiger partial charge in [-0.25, -0.2) is 4.68 Å². The van der Waals surface area contributed by atoms with E-state index in [2.05, 4.69) is 10.4 Å². The van der Waals surface area contributed by atoms with Crippen molar-refractivity contribution in [2.24, 2.45) is 0 Å². The number of nitrogens with zero attached hydrogens (tertiary/aromatic N) is 2. The van der Waals surface area contributed by atoms with Crippen LogP contribution in [0.2, 0.25) is 0 Å². The van der Waals surface area contributed by atoms with Crippen molar-refractivity contribution in [1.29, 1.82) is 0 Å². The van der Waals surface area contributed by atoms with Gasteiger partial charge < -0.3 is 15.2 Å². The van der Waals surface area contributed by atoms with Crippen LogP contribution in [0.25, 0.3) is 5.69 Å². The van der Waals surface area contributed by atoms with Crippen LogP contribution in [-0.4, -0.2) is 46.0 Å². The molecule has 2 N–H and O–H groups in total. The highest BCUT2D eigenvalue weighted by Crippen LogP contribution is 2.14. The largest absolute Gasteiger partial charge is 0.481 e. The van der Waals surface area contributed by atoms with Gasteiger partial charge in [-0.1, -0.05) is 0 Å². The molecule has 1 aromatic heterocycles. The Morgan fingerprint density at radius 3 is 2.46 bits per heavy atom. The Morgan fingerprint density at radius 2 is 1.96 bits per heavy atom. The molecule has 1 heterocycles. The topological polar surface area (TPSA) is 93.5 Å². The number of aromatic nitrogens is 2. The van der Waals surface area contributed by atoms with Gasteiger partial charge in [0.2, 0.25) is 0 Å². The highest BCUT2D eigenvalue weighted by molar-refractivity contribution is 5.95. The zero-order valence-electron chi connectivity index (χ0n) is 13.9. The van der Waals surface area contributed by atoms with Crippen molar-refractivity contribution in [2.45, 2.75) is 25.8 Å². The van der Waals surface area contributed by atoms with E-state index >= 15 is 0 Å². The van der Waals surface area contributed by atoms with E-state index in [0.717, 1.165) is 11.4 Å². The highest BCUT2D eigenvalue weighted by atomic mass is 16.5. The van der Waals surface area contributed by atoms with Crippen molar-refractivity contribution in [3.63, 3.8) is 0 Å². The number of methoxy groups -OCH3 is 1. The van der Waals surface area contributed by atoms with Gasteiger partial charge in [0, 0.05) is 18.9 Å². The SMILES string of the molecule is COCC(C)(CC(=O)O)NC(=O)c1ccc(-n2ccc(C)n2)cc1. The van der Waals surface area contributed by atoms with E-state index < -0.39 is 11.5 Å². The number of aryl methyl sites for hydroxylation is 1. The van der Waals surface area contributed by atoms with Crippen LogP contribution in [0.15, 0.2) is 36.5 Å². The number of hydrogen-bond acceptors (Lipinski definition) is 4. The van der Waals surface area contributed by atoms with Gasteiger partial charge in [-0.2, -0.15) is 5.10 Å². The molecule has 1 aromatic carbocycles. The average Bonchev–Trinajstić information content (AvgIpc) is 2.93. The van der Waals surface area contributed by atoms with Crippen molar-refractivity contribution in [2.75, 3.05) is 13.7 Å². The number of carbonyl (C=O) groups is 2. The standard InChI is InChI=1S/C17H21N3O4/c1-12-8-9-20(19-12)14-6-4-13(5-7-14)16(23)18-17(2,11-24-3)10-15(21)22/h4-9H,10-11H2,1-3H3,(H,18,23)(H,21,22). The second kappa shape index (κ2) is 7.27. The van der Waals surface area contributed by atoms with Crippen LogP contribution >= 0.6 is 0 Å². The van der Waals surface area contributed by atoms with E-state index in [1.807, 2.05) is 19.2 Å². The normalized spacial score (nSPS) is 13.3. The summed E-state index contributed by atoms with van der Waals surface area (Å²) in [4.78, 5) is 23.4. The Labute approximate surface area is 140 Å². The van der Waals surface area contributed by atoms with Gasteiger partial charge in [0.15, 0.2) is 0 Å². The molecule has 24 heavy (non-hydrogen) atoms. The van der Waals surface area contributed by atoms with Gasteiger partial charge in [0.05, 0.1) is 29.9 Å². The number of carboxylic acid groups (broad SMARTS) is 1. The van der Waals surface area contributed by atoms with Crippen LogP contribution in [0.5, 0.6) is 0 Å². The van der Waals surface area contributed by atoms with Gasteiger partial charge in [0.1, 0.15) is 0 Å². The average molecular weight is 331 g/mol. The van der Waals surface area contributed by atoms with E-state index in [4.69, 9.17) is 9.84 Å². The molecule has 1 unspecified atom stereocenters. The Balaban J connectivity index is 2.12. The molecule has 2 aromatic rings. The number of amides is 1. The van der Waals surface area contributed by atoms with Crippen LogP contribution in [-0.2, 0) is 9.53 Å². The van der Waals surface area contributed by atoms with Crippen molar-refractivity contribution in [1.82, 2.24) is 15.1 Å². The molecule has 0 radical (unpaired) electrons. The molecule has 0 aliphatic rings. The molecule has 7 heteroatoms. The van der Waals surface area contributed by atoms with Crippen LogP contribution in [0.3, 0.4) is 0 Å². The summed E-state index contributed by atoms with van der Waals surface area (Å²) < 4.78 is 6.75. The number of carbonyl (C=O) groups excluding carboxylic acids is 1. The summed E-state index contributed by atoms with van der Waals surface area (Å²) in [6.45, 7) is 3.65. The molecular weight excluding hydrogens is 310 g/mol. The molecule has 0 spiro atoms. The zero-order chi connectivity index (χ0) is 17.7. The van der Waals surface area contributed by atoms with Crippen LogP contribution in [0.1, 0.15) is 29.4 Å². The van der Waals surface area contributed by atoms with Gasteiger partial charge in [0.25, 0.3) is 5.91 Å². The molecule has 0 bridgehead atoms. The first-order chi connectivity index (χ1) is 11.3. The van der Waals surface area contributed by atoms with E-state index in [-0.39, 0.29) is 18.9 Å². The summed E-state index contributed by atoms with van der Waals surface area (Å²) in [6.07, 6.45) is 1.62. The van der Waals surface area contributed by atoms with Crippen LogP contribution < -0.4 is 5.32 Å². The fourth-order valence-electron chi connectivity index (χ4n) is 2.45. The highest BCUT2D eigenvalue weighted by Gasteiger charge is 2.29. The van der Waals surface area contributed by atoms with Gasteiger partial charge in [-0.3, -0.25) is 9.59 Å². The molecule has 0 aliphatic heterocycles. The molecular formula is C17H21N3O4. The number of ether oxygens (including phenoxy) is 1. The van der Waals surface area contributed by atoms with Gasteiger partial charge in [-0.15, -0.1) is 0 Å². The molecule has 2 rings (SSSR count). The van der Waals surface area contributed by atoms with Crippen LogP contribution in [0, 0.1) is 6.92 Å². The second-order valence-corrected chi connectivity index (χ2v) is 5.97. The Kier molecular flexibility index (Phi) is 5.35. The summed E-state index contributed by atoms with van der Waals surface area (Å²) in [6, 6.07) is 8.81. The lowest BCUT2D eigenvalue weighted by Gasteiger charge is -2.28. The summed E-state index contributed by atoms with van der Waals surface area (Å²) >= 11 is 0. The summed E-state index contributed by atoms with van der Waals surface area (Å²) in [5.74, 6) is -1.35. The minimum atomic E-state index is -1.00. The maximum Gasteiger partial charge on any atom is 0.305 e. The zero-order valence-corrected chi connectivity index (χ0v) is 13.9. The number of aliphatic carboxylic acids is 1. The summed E-state index contributed by atoms with van der Waals surface area (Å²) in [7, 11) is 1.47. The number of carboxylic acids is 1. The molecule has 0 saturated heterocycles. The molecule has 1 atom stereocenters. The third-order valence-electron chi connectivity index (χ3n) is 3.54. The summed E-state index contributed by atoms with van der Waals surface area (Å²) in [5.41, 5.74) is 1.20. The maximum absolute atomic E-state index is 12.4. The number of rotatable bonds is 7. The van der Waals surface area contributed by atoms with E-state index in [1.165, 1.54) is 7.11 Å². The lowest BCUT2D eigenvalue weighted by Crippen LogP contribution is -2.50. The van der Waals surface area contributed by atoms with Crippen molar-refractivity contribution in [3.05, 3.63) is 47.8 Å². The molecule has 0 fully saturated rings. The molecule has 1 amide bonds. The van der Waals surface area contributed by atoms with E-state index in [1.54, 1.807) is 35.9 Å². The fourth-order valence-corrected chi connectivity index (χ4v) is 2.45. The van der Waals surface area contributed by atoms with Crippen molar-refractivity contribution < 1.29 is 19.4 Å². The molecule has 0 saturated carbocycles. The second-order valence-electron chi connectivity index (χ2n) is 5.97. The lowest BCUT2D eigenvalue weighted by atomic mass is 9.98. The third kappa shape index (κ3) is 4.42. The van der Waals surface area contributed by atoms with Gasteiger partial charge >= 0.3 is 5.97 Å². The fraction of sp³-hybridized carbons (Fsp3) is 0.353. The van der Waals surface area contributed by atoms with Crippen molar-refractivity contribution in [3.8, 4) is 5.69 Å². The summed E-state index contributed by atoms with van der Waals surface area (Å²) in [5, 5.41) is 16.1. The van der Waals surface area contributed by atoms with E-state index in [0.29, 0.717) is 5.56 Å². The van der Waals surface area contributed by atoms with Crippen molar-refractivity contribution >= 4 is 11.9 Å². The quantitative estimate of drug-likeness (QED) is 0.807. The maximum atomic E-state index is 12.4. The van der Waals surface area contributed by atoms with E-state index in [9.17, 15) is 9.59 Å².